The number of ketones is 1. The molecule has 8 heteroatoms. The van der Waals surface area contributed by atoms with Gasteiger partial charge in [0, 0.05) is 31.1 Å². The topological polar surface area (TPSA) is 94.2 Å². The van der Waals surface area contributed by atoms with Crippen molar-refractivity contribution in [3.8, 4) is 17.2 Å². The number of rotatable bonds is 7. The number of nitrogens with one attached hydrogen (secondary N) is 1. The number of nitrogens with zero attached hydrogens (tertiary/aromatic N) is 1. The lowest BCUT2D eigenvalue weighted by molar-refractivity contribution is -0.131. The van der Waals surface area contributed by atoms with Crippen LogP contribution in [0.15, 0.2) is 36.4 Å². The van der Waals surface area contributed by atoms with Crippen LogP contribution < -0.4 is 19.5 Å². The molecule has 174 valence electrons. The van der Waals surface area contributed by atoms with E-state index < -0.39 is 0 Å². The SMILES string of the molecule is COc1ccc(CC(=O)N2CCC(CC(=O)Nc3cc4c(cc3C(C)=O)OCO4)CC2)cc1. The van der Waals surface area contributed by atoms with E-state index in [1.54, 1.807) is 19.2 Å². The molecule has 2 heterocycles. The number of piperidine rings is 1. The average Bonchev–Trinajstić information content (AvgIpc) is 3.27. The fourth-order valence-corrected chi connectivity index (χ4v) is 4.22. The van der Waals surface area contributed by atoms with Crippen molar-refractivity contribution >= 4 is 23.3 Å². The summed E-state index contributed by atoms with van der Waals surface area (Å²) in [6.07, 6.45) is 2.23. The van der Waals surface area contributed by atoms with Crippen LogP contribution in [0.1, 0.15) is 42.1 Å². The largest absolute Gasteiger partial charge is 0.497 e. The fourth-order valence-electron chi connectivity index (χ4n) is 4.22. The van der Waals surface area contributed by atoms with Crippen LogP contribution >= 0.6 is 0 Å². The third-order valence-corrected chi connectivity index (χ3v) is 6.12. The van der Waals surface area contributed by atoms with Crippen molar-refractivity contribution in [3.05, 3.63) is 47.5 Å². The molecule has 0 atom stereocenters. The molecule has 2 aliphatic rings. The monoisotopic (exact) mass is 452 g/mol. The van der Waals surface area contributed by atoms with Gasteiger partial charge >= 0.3 is 0 Å². The average molecular weight is 453 g/mol. The minimum Gasteiger partial charge on any atom is -0.497 e. The lowest BCUT2D eigenvalue weighted by Crippen LogP contribution is -2.40. The van der Waals surface area contributed by atoms with Crippen molar-refractivity contribution in [1.29, 1.82) is 0 Å². The van der Waals surface area contributed by atoms with Crippen molar-refractivity contribution in [2.75, 3.05) is 32.3 Å². The van der Waals surface area contributed by atoms with Gasteiger partial charge in [-0.2, -0.15) is 0 Å². The van der Waals surface area contributed by atoms with E-state index in [2.05, 4.69) is 5.32 Å². The quantitative estimate of drug-likeness (QED) is 0.647. The molecule has 0 aromatic heterocycles. The summed E-state index contributed by atoms with van der Waals surface area (Å²) in [5.41, 5.74) is 1.78. The number of Topliss-reactive ketones (excluding diaryl/α,β-unsaturated/α-hetero) is 1. The number of likely N-dealkylation sites (tertiary alicyclic amines) is 1. The first-order valence-corrected chi connectivity index (χ1v) is 11.1. The summed E-state index contributed by atoms with van der Waals surface area (Å²) >= 11 is 0. The number of hydrogen-bond donors (Lipinski definition) is 1. The molecule has 1 saturated heterocycles. The summed E-state index contributed by atoms with van der Waals surface area (Å²) < 4.78 is 15.8. The van der Waals surface area contributed by atoms with E-state index in [0.29, 0.717) is 48.7 Å². The highest BCUT2D eigenvalue weighted by Crippen LogP contribution is 2.37. The maximum atomic E-state index is 12.7. The number of carbonyl (C=O) groups is 3. The number of ether oxygens (including phenoxy) is 3. The number of methoxy groups -OCH3 is 1. The molecular formula is C25H28N2O6. The second-order valence-corrected chi connectivity index (χ2v) is 8.41. The number of hydrogen-bond acceptors (Lipinski definition) is 6. The zero-order valence-corrected chi connectivity index (χ0v) is 18.9. The Labute approximate surface area is 192 Å². The van der Waals surface area contributed by atoms with Gasteiger partial charge < -0.3 is 24.4 Å². The van der Waals surface area contributed by atoms with E-state index in [9.17, 15) is 14.4 Å². The number of anilines is 1. The molecule has 1 fully saturated rings. The molecule has 0 bridgehead atoms. The van der Waals surface area contributed by atoms with Gasteiger partial charge in [-0.1, -0.05) is 12.1 Å². The minimum absolute atomic E-state index is 0.0922. The van der Waals surface area contributed by atoms with Gasteiger partial charge in [0.15, 0.2) is 17.3 Å². The van der Waals surface area contributed by atoms with Gasteiger partial charge in [-0.3, -0.25) is 14.4 Å². The first-order chi connectivity index (χ1) is 15.9. The van der Waals surface area contributed by atoms with E-state index in [1.165, 1.54) is 6.92 Å². The highest BCUT2D eigenvalue weighted by atomic mass is 16.7. The van der Waals surface area contributed by atoms with Crippen molar-refractivity contribution in [1.82, 2.24) is 4.90 Å². The molecule has 0 unspecified atom stereocenters. The van der Waals surface area contributed by atoms with Gasteiger partial charge in [0.1, 0.15) is 5.75 Å². The van der Waals surface area contributed by atoms with Crippen LogP contribution in [-0.2, 0) is 16.0 Å². The number of amides is 2. The Bertz CT molecular complexity index is 1040. The van der Waals surface area contributed by atoms with E-state index in [4.69, 9.17) is 14.2 Å². The lowest BCUT2D eigenvalue weighted by atomic mass is 9.92. The molecule has 0 saturated carbocycles. The van der Waals surface area contributed by atoms with Crippen molar-refractivity contribution in [3.63, 3.8) is 0 Å². The summed E-state index contributed by atoms with van der Waals surface area (Å²) in [5.74, 6) is 1.75. The predicted molar refractivity (Wildman–Crippen MR) is 122 cm³/mol. The smallest absolute Gasteiger partial charge is 0.231 e. The Morgan fingerprint density at radius 2 is 1.73 bits per heavy atom. The van der Waals surface area contributed by atoms with E-state index in [-0.39, 0.29) is 30.3 Å². The molecular weight excluding hydrogens is 424 g/mol. The zero-order chi connectivity index (χ0) is 23.4. The minimum atomic E-state index is -0.160. The highest BCUT2D eigenvalue weighted by molar-refractivity contribution is 6.04. The lowest BCUT2D eigenvalue weighted by Gasteiger charge is -2.32. The van der Waals surface area contributed by atoms with Crippen molar-refractivity contribution < 1.29 is 28.6 Å². The van der Waals surface area contributed by atoms with Gasteiger partial charge in [-0.25, -0.2) is 0 Å². The van der Waals surface area contributed by atoms with Gasteiger partial charge in [-0.05, 0) is 49.4 Å². The van der Waals surface area contributed by atoms with Crippen LogP contribution in [0.3, 0.4) is 0 Å². The standard InChI is InChI=1S/C25H28N2O6/c1-16(28)20-13-22-23(33-15-32-22)14-21(20)26-24(29)11-18-7-9-27(10-8-18)25(30)12-17-3-5-19(31-2)6-4-17/h3-6,13-14,18H,7-12,15H2,1-2H3,(H,26,29). The van der Waals surface area contributed by atoms with Gasteiger partial charge in [0.05, 0.1) is 19.2 Å². The molecule has 8 nitrogen and oxygen atoms in total. The van der Waals surface area contributed by atoms with Gasteiger partial charge in [-0.15, -0.1) is 0 Å². The molecule has 4 rings (SSSR count). The van der Waals surface area contributed by atoms with E-state index in [1.807, 2.05) is 29.2 Å². The van der Waals surface area contributed by atoms with Crippen molar-refractivity contribution in [2.45, 2.75) is 32.6 Å². The summed E-state index contributed by atoms with van der Waals surface area (Å²) in [5, 5.41) is 2.86. The Hall–Kier alpha value is -3.55. The number of carbonyl (C=O) groups excluding carboxylic acids is 3. The van der Waals surface area contributed by atoms with Crippen LogP contribution in [-0.4, -0.2) is 49.5 Å². The fraction of sp³-hybridized carbons (Fsp3) is 0.400. The predicted octanol–water partition coefficient (Wildman–Crippen LogP) is 3.44. The first kappa shape index (κ1) is 22.6. The van der Waals surface area contributed by atoms with Gasteiger partial charge in [0.2, 0.25) is 18.6 Å². The van der Waals surface area contributed by atoms with E-state index in [0.717, 1.165) is 24.2 Å². The molecule has 2 aromatic carbocycles. The van der Waals surface area contributed by atoms with Gasteiger partial charge in [0.25, 0.3) is 0 Å². The summed E-state index contributed by atoms with van der Waals surface area (Å²) in [7, 11) is 1.61. The molecule has 2 aliphatic heterocycles. The summed E-state index contributed by atoms with van der Waals surface area (Å²) in [6.45, 7) is 2.82. The first-order valence-electron chi connectivity index (χ1n) is 11.1. The normalized spacial score (nSPS) is 15.3. The highest BCUT2D eigenvalue weighted by Gasteiger charge is 2.26. The maximum absolute atomic E-state index is 12.7. The third-order valence-electron chi connectivity index (χ3n) is 6.12. The molecule has 1 N–H and O–H groups in total. The molecule has 33 heavy (non-hydrogen) atoms. The van der Waals surface area contributed by atoms with Crippen LogP contribution in [0.2, 0.25) is 0 Å². The number of benzene rings is 2. The third kappa shape index (κ3) is 5.45. The van der Waals surface area contributed by atoms with Crippen molar-refractivity contribution in [2.24, 2.45) is 5.92 Å². The number of fused-ring (bicyclic) bond motifs is 1. The second-order valence-electron chi connectivity index (χ2n) is 8.41. The molecule has 2 aromatic rings. The zero-order valence-electron chi connectivity index (χ0n) is 18.9. The Kier molecular flexibility index (Phi) is 6.82. The van der Waals surface area contributed by atoms with Crippen LogP contribution in [0.25, 0.3) is 0 Å². The van der Waals surface area contributed by atoms with Crippen LogP contribution in [0.4, 0.5) is 5.69 Å². The molecule has 0 spiro atoms. The second kappa shape index (κ2) is 9.94. The van der Waals surface area contributed by atoms with Crippen LogP contribution in [0, 0.1) is 5.92 Å². The molecule has 0 radical (unpaired) electrons. The Morgan fingerprint density at radius 1 is 1.06 bits per heavy atom. The Balaban J connectivity index is 1.28. The Morgan fingerprint density at radius 3 is 2.36 bits per heavy atom. The molecule has 0 aliphatic carbocycles. The van der Waals surface area contributed by atoms with E-state index >= 15 is 0 Å². The van der Waals surface area contributed by atoms with Crippen LogP contribution in [0.5, 0.6) is 17.2 Å². The molecule has 2 amide bonds. The summed E-state index contributed by atoms with van der Waals surface area (Å²) in [4.78, 5) is 39.2. The maximum Gasteiger partial charge on any atom is 0.231 e. The summed E-state index contributed by atoms with van der Waals surface area (Å²) in [6, 6.07) is 10.7.